The first kappa shape index (κ1) is 23.0. The minimum absolute atomic E-state index is 0.0979. The Morgan fingerprint density at radius 2 is 1.71 bits per heavy atom. The van der Waals surface area contributed by atoms with E-state index in [4.69, 9.17) is 14.5 Å². The summed E-state index contributed by atoms with van der Waals surface area (Å²) in [5.74, 6) is 1.13. The second-order valence-electron chi connectivity index (χ2n) is 7.71. The van der Waals surface area contributed by atoms with E-state index in [0.717, 1.165) is 22.3 Å². The van der Waals surface area contributed by atoms with Gasteiger partial charge in [-0.3, -0.25) is 9.69 Å². The third-order valence-corrected chi connectivity index (χ3v) is 5.88. The number of amides is 1. The summed E-state index contributed by atoms with van der Waals surface area (Å²) in [6.45, 7) is 10.3. The van der Waals surface area contributed by atoms with Gasteiger partial charge in [0.05, 0.1) is 23.4 Å². The van der Waals surface area contributed by atoms with E-state index in [-0.39, 0.29) is 5.91 Å². The average molecular weight is 442 g/mol. The van der Waals surface area contributed by atoms with E-state index in [1.54, 1.807) is 34.4 Å². The summed E-state index contributed by atoms with van der Waals surface area (Å²) < 4.78 is 12.5. The molecule has 7 heteroatoms. The second kappa shape index (κ2) is 10.1. The van der Waals surface area contributed by atoms with Crippen molar-refractivity contribution in [1.29, 1.82) is 0 Å². The Morgan fingerprint density at radius 1 is 1.00 bits per heavy atom. The maximum Gasteiger partial charge on any atom is 0.260 e. The highest BCUT2D eigenvalue weighted by atomic mass is 32.1. The van der Waals surface area contributed by atoms with E-state index >= 15 is 0 Å². The molecule has 0 atom stereocenters. The zero-order valence-electron chi connectivity index (χ0n) is 19.2. The third kappa shape index (κ3) is 5.35. The first-order chi connectivity index (χ1) is 14.8. The molecule has 0 saturated carbocycles. The van der Waals surface area contributed by atoms with Gasteiger partial charge >= 0.3 is 0 Å². The van der Waals surface area contributed by atoms with Crippen LogP contribution in [-0.2, 0) is 0 Å². The Morgan fingerprint density at radius 3 is 2.39 bits per heavy atom. The average Bonchev–Trinajstić information content (AvgIpc) is 3.13. The Kier molecular flexibility index (Phi) is 7.51. The van der Waals surface area contributed by atoms with E-state index in [0.29, 0.717) is 42.0 Å². The lowest BCUT2D eigenvalue weighted by Crippen LogP contribution is -2.36. The minimum atomic E-state index is -0.0979. The third-order valence-electron chi connectivity index (χ3n) is 4.86. The zero-order chi connectivity index (χ0) is 22.5. The fraction of sp³-hybridized carbons (Fsp3) is 0.417. The molecule has 0 spiro atoms. The molecule has 0 radical (unpaired) electrons. The lowest BCUT2D eigenvalue weighted by molar-refractivity contribution is 0.0984. The van der Waals surface area contributed by atoms with Crippen molar-refractivity contribution in [2.45, 2.75) is 27.7 Å². The van der Waals surface area contributed by atoms with E-state index in [1.165, 1.54) is 5.56 Å². The van der Waals surface area contributed by atoms with Crippen molar-refractivity contribution in [3.8, 4) is 11.5 Å². The summed E-state index contributed by atoms with van der Waals surface area (Å²) in [5, 5.41) is 0.711. The van der Waals surface area contributed by atoms with Crippen molar-refractivity contribution in [3.05, 3.63) is 47.0 Å². The maximum atomic E-state index is 13.6. The van der Waals surface area contributed by atoms with Crippen LogP contribution in [-0.4, -0.2) is 56.2 Å². The van der Waals surface area contributed by atoms with Gasteiger partial charge in [0.25, 0.3) is 5.91 Å². The summed E-state index contributed by atoms with van der Waals surface area (Å²) in [5.41, 5.74) is 3.82. The van der Waals surface area contributed by atoms with E-state index < -0.39 is 0 Å². The van der Waals surface area contributed by atoms with Crippen molar-refractivity contribution < 1.29 is 14.3 Å². The molecule has 1 amide bonds. The number of ether oxygens (including phenoxy) is 2. The zero-order valence-corrected chi connectivity index (χ0v) is 20.0. The Bertz CT molecular complexity index is 1060. The first-order valence-corrected chi connectivity index (χ1v) is 11.4. The van der Waals surface area contributed by atoms with Crippen molar-refractivity contribution >= 4 is 32.6 Å². The van der Waals surface area contributed by atoms with Gasteiger partial charge in [0.15, 0.2) is 16.6 Å². The molecule has 3 rings (SSSR count). The molecule has 31 heavy (non-hydrogen) atoms. The van der Waals surface area contributed by atoms with Crippen LogP contribution in [0.25, 0.3) is 10.2 Å². The quantitative estimate of drug-likeness (QED) is 0.472. The molecule has 0 aliphatic heterocycles. The highest BCUT2D eigenvalue weighted by Crippen LogP contribution is 2.34. The van der Waals surface area contributed by atoms with Crippen LogP contribution >= 0.6 is 11.3 Å². The molecule has 0 aliphatic rings. The smallest absolute Gasteiger partial charge is 0.260 e. The summed E-state index contributed by atoms with van der Waals surface area (Å²) in [7, 11) is 4.00. The number of hydrogen-bond donors (Lipinski definition) is 0. The van der Waals surface area contributed by atoms with Crippen LogP contribution in [0.2, 0.25) is 0 Å². The van der Waals surface area contributed by atoms with Gasteiger partial charge < -0.3 is 14.4 Å². The van der Waals surface area contributed by atoms with Gasteiger partial charge in [-0.15, -0.1) is 0 Å². The number of carbonyl (C=O) groups excluding carboxylic acids is 1. The van der Waals surface area contributed by atoms with Gasteiger partial charge in [-0.1, -0.05) is 17.4 Å². The molecule has 0 unspecified atom stereocenters. The van der Waals surface area contributed by atoms with E-state index in [2.05, 4.69) is 30.9 Å². The highest BCUT2D eigenvalue weighted by molar-refractivity contribution is 7.22. The van der Waals surface area contributed by atoms with Crippen LogP contribution in [0.3, 0.4) is 0 Å². The lowest BCUT2D eigenvalue weighted by Gasteiger charge is -2.22. The van der Waals surface area contributed by atoms with Gasteiger partial charge in [-0.2, -0.15) is 0 Å². The number of hydrogen-bond acceptors (Lipinski definition) is 6. The van der Waals surface area contributed by atoms with Crippen LogP contribution in [0.15, 0.2) is 30.3 Å². The molecule has 6 nitrogen and oxygen atoms in total. The number of rotatable bonds is 9. The lowest BCUT2D eigenvalue weighted by atomic mass is 10.1. The summed E-state index contributed by atoms with van der Waals surface area (Å²) in [6.07, 6.45) is 0. The Balaban J connectivity index is 2.01. The van der Waals surface area contributed by atoms with Crippen LogP contribution < -0.4 is 14.4 Å². The summed E-state index contributed by atoms with van der Waals surface area (Å²) in [4.78, 5) is 22.3. The molecule has 1 heterocycles. The van der Waals surface area contributed by atoms with Gasteiger partial charge in [0.2, 0.25) is 0 Å². The number of fused-ring (bicyclic) bond motifs is 1. The number of carbonyl (C=O) groups is 1. The number of aryl methyl sites for hydroxylation is 2. The predicted molar refractivity (Wildman–Crippen MR) is 128 cm³/mol. The molecule has 1 aromatic heterocycles. The summed E-state index contributed by atoms with van der Waals surface area (Å²) in [6, 6.07) is 9.61. The van der Waals surface area contributed by atoms with Crippen molar-refractivity contribution in [2.75, 3.05) is 45.3 Å². The topological polar surface area (TPSA) is 54.9 Å². The fourth-order valence-corrected chi connectivity index (χ4v) is 4.56. The number of anilines is 1. The Hall–Kier alpha value is -2.64. The molecule has 0 bridgehead atoms. The Labute approximate surface area is 188 Å². The standard InChI is InChI=1S/C24H31N3O3S/c1-7-29-19-10-9-18(15-20(19)30-8-2)23(28)27(12-11-26(5)6)24-25-22-17(4)13-16(3)14-21(22)31-24/h9-10,13-15H,7-8,11-12H2,1-6H3. The van der Waals surface area contributed by atoms with Crippen molar-refractivity contribution in [2.24, 2.45) is 0 Å². The van der Waals surface area contributed by atoms with Crippen LogP contribution in [0.1, 0.15) is 35.3 Å². The van der Waals surface area contributed by atoms with Gasteiger partial charge in [-0.05, 0) is 77.2 Å². The SMILES string of the molecule is CCOc1ccc(C(=O)N(CCN(C)C)c2nc3c(C)cc(C)cc3s2)cc1OCC. The van der Waals surface area contributed by atoms with Crippen LogP contribution in [0.5, 0.6) is 11.5 Å². The minimum Gasteiger partial charge on any atom is -0.490 e. The molecule has 3 aromatic rings. The molecule has 0 N–H and O–H groups in total. The molecule has 0 saturated heterocycles. The molecular formula is C24H31N3O3S. The summed E-state index contributed by atoms with van der Waals surface area (Å²) >= 11 is 1.55. The number of aromatic nitrogens is 1. The van der Waals surface area contributed by atoms with Crippen LogP contribution in [0, 0.1) is 13.8 Å². The highest BCUT2D eigenvalue weighted by Gasteiger charge is 2.23. The molecule has 0 fully saturated rings. The predicted octanol–water partition coefficient (Wildman–Crippen LogP) is 4.92. The normalized spacial score (nSPS) is 11.2. The molecule has 166 valence electrons. The van der Waals surface area contributed by atoms with Crippen LogP contribution in [0.4, 0.5) is 5.13 Å². The molecule has 0 aliphatic carbocycles. The first-order valence-electron chi connectivity index (χ1n) is 10.6. The number of likely N-dealkylation sites (N-methyl/N-ethyl adjacent to an activating group) is 1. The van der Waals surface area contributed by atoms with E-state index in [1.807, 2.05) is 27.9 Å². The maximum absolute atomic E-state index is 13.6. The van der Waals surface area contributed by atoms with Gasteiger partial charge in [0.1, 0.15) is 0 Å². The number of nitrogens with zero attached hydrogens (tertiary/aromatic N) is 3. The van der Waals surface area contributed by atoms with Crippen molar-refractivity contribution in [1.82, 2.24) is 9.88 Å². The molecule has 2 aromatic carbocycles. The van der Waals surface area contributed by atoms with E-state index in [9.17, 15) is 4.79 Å². The van der Waals surface area contributed by atoms with Crippen molar-refractivity contribution in [3.63, 3.8) is 0 Å². The monoisotopic (exact) mass is 441 g/mol. The number of benzene rings is 2. The fourth-order valence-electron chi connectivity index (χ4n) is 3.40. The largest absolute Gasteiger partial charge is 0.490 e. The molecular weight excluding hydrogens is 410 g/mol. The van der Waals surface area contributed by atoms with Gasteiger partial charge in [0, 0.05) is 18.7 Å². The number of thiazole rings is 1. The van der Waals surface area contributed by atoms with Gasteiger partial charge in [-0.25, -0.2) is 4.98 Å². The second-order valence-corrected chi connectivity index (χ2v) is 8.72.